The second-order valence-electron chi connectivity index (χ2n) is 7.93. The Kier molecular flexibility index (Phi) is 6.59. The molecule has 0 radical (unpaired) electrons. The van der Waals surface area contributed by atoms with Crippen LogP contribution in [0, 0.1) is 34.5 Å². The van der Waals surface area contributed by atoms with Gasteiger partial charge >= 0.3 is 0 Å². The molecule has 0 bridgehead atoms. The van der Waals surface area contributed by atoms with E-state index in [1.165, 1.54) is 77.0 Å². The summed E-state index contributed by atoms with van der Waals surface area (Å²) in [5.74, 6) is 2.83. The van der Waals surface area contributed by atoms with Crippen molar-refractivity contribution < 1.29 is 0 Å². The molecule has 2 aliphatic carbocycles. The van der Waals surface area contributed by atoms with E-state index < -0.39 is 0 Å². The second-order valence-corrected chi connectivity index (χ2v) is 7.93. The highest BCUT2D eigenvalue weighted by molar-refractivity contribution is 5.04. The van der Waals surface area contributed by atoms with Gasteiger partial charge in [0, 0.05) is 0 Å². The summed E-state index contributed by atoms with van der Waals surface area (Å²) in [4.78, 5) is 0. The summed E-state index contributed by atoms with van der Waals surface area (Å²) in [5.41, 5.74) is 0.0455. The zero-order chi connectivity index (χ0) is 15.1. The number of hydrogen-bond acceptors (Lipinski definition) is 1. The molecular weight excluding hydrogens is 254 g/mol. The molecule has 0 spiro atoms. The van der Waals surface area contributed by atoms with Gasteiger partial charge in [0.05, 0.1) is 11.5 Å². The first-order valence-electron chi connectivity index (χ1n) is 9.64. The van der Waals surface area contributed by atoms with Crippen LogP contribution in [0.5, 0.6) is 0 Å². The quantitative estimate of drug-likeness (QED) is 0.492. The fraction of sp³-hybridized carbons (Fsp3) is 0.950. The van der Waals surface area contributed by atoms with Gasteiger partial charge in [0.25, 0.3) is 0 Å². The lowest BCUT2D eigenvalue weighted by Gasteiger charge is -2.45. The van der Waals surface area contributed by atoms with Crippen LogP contribution in [0.15, 0.2) is 0 Å². The summed E-state index contributed by atoms with van der Waals surface area (Å²) in [5, 5.41) is 9.63. The lowest BCUT2D eigenvalue weighted by molar-refractivity contribution is 0.0625. The molecule has 21 heavy (non-hydrogen) atoms. The summed E-state index contributed by atoms with van der Waals surface area (Å²) in [6.07, 6.45) is 17.5. The molecule has 0 aliphatic heterocycles. The van der Waals surface area contributed by atoms with Crippen molar-refractivity contribution in [2.75, 3.05) is 0 Å². The Hall–Kier alpha value is -0.510. The lowest BCUT2D eigenvalue weighted by atomic mass is 9.58. The number of rotatable bonds is 7. The number of nitriles is 1. The highest BCUT2D eigenvalue weighted by Crippen LogP contribution is 2.51. The van der Waals surface area contributed by atoms with Crippen molar-refractivity contribution in [1.29, 1.82) is 5.26 Å². The van der Waals surface area contributed by atoms with Crippen molar-refractivity contribution in [3.63, 3.8) is 0 Å². The van der Waals surface area contributed by atoms with Gasteiger partial charge in [0.1, 0.15) is 0 Å². The molecule has 0 aromatic rings. The smallest absolute Gasteiger partial charge is 0.0689 e. The summed E-state index contributed by atoms with van der Waals surface area (Å²) < 4.78 is 0. The van der Waals surface area contributed by atoms with Gasteiger partial charge in [0.2, 0.25) is 0 Å². The minimum Gasteiger partial charge on any atom is -0.198 e. The summed E-state index contributed by atoms with van der Waals surface area (Å²) >= 11 is 0. The van der Waals surface area contributed by atoms with Gasteiger partial charge in [-0.25, -0.2) is 0 Å². The first-order valence-corrected chi connectivity index (χ1v) is 9.64. The van der Waals surface area contributed by atoms with E-state index >= 15 is 0 Å². The highest BCUT2D eigenvalue weighted by Gasteiger charge is 2.42. The molecule has 0 saturated heterocycles. The summed E-state index contributed by atoms with van der Waals surface area (Å²) in [7, 11) is 0. The fourth-order valence-corrected chi connectivity index (χ4v) is 5.10. The maximum Gasteiger partial charge on any atom is 0.0689 e. The second kappa shape index (κ2) is 8.21. The summed E-state index contributed by atoms with van der Waals surface area (Å²) in [6, 6.07) is 2.71. The van der Waals surface area contributed by atoms with E-state index in [1.54, 1.807) is 0 Å². The first kappa shape index (κ1) is 16.9. The zero-order valence-electron chi connectivity index (χ0n) is 14.4. The van der Waals surface area contributed by atoms with Crippen LogP contribution in [0.4, 0.5) is 0 Å². The molecule has 0 aromatic carbocycles. The average Bonchev–Trinajstić information content (AvgIpc) is 2.52. The van der Waals surface area contributed by atoms with Crippen LogP contribution in [0.2, 0.25) is 0 Å². The third-order valence-corrected chi connectivity index (χ3v) is 6.33. The van der Waals surface area contributed by atoms with Gasteiger partial charge in [-0.15, -0.1) is 0 Å². The standard InChI is InChI=1S/C20H35N/c1-3-5-6-7-8-17-9-10-19-15-20(16-21,12-4-2)13-11-18(19)14-17/h17-19H,3-15H2,1-2H3/t17-,18+,19?,20-/m0/s1. The van der Waals surface area contributed by atoms with Crippen molar-refractivity contribution in [2.45, 2.75) is 97.3 Å². The van der Waals surface area contributed by atoms with E-state index in [0.29, 0.717) is 0 Å². The Labute approximate surface area is 132 Å². The average molecular weight is 290 g/mol. The normalized spacial score (nSPS) is 36.0. The monoisotopic (exact) mass is 289 g/mol. The topological polar surface area (TPSA) is 23.8 Å². The van der Waals surface area contributed by atoms with Gasteiger partial charge < -0.3 is 0 Å². The Morgan fingerprint density at radius 1 is 1.00 bits per heavy atom. The molecule has 0 heterocycles. The van der Waals surface area contributed by atoms with Crippen LogP contribution in [0.25, 0.3) is 0 Å². The molecule has 0 N–H and O–H groups in total. The van der Waals surface area contributed by atoms with E-state index in [-0.39, 0.29) is 5.41 Å². The molecule has 2 fully saturated rings. The van der Waals surface area contributed by atoms with Gasteiger partial charge in [-0.3, -0.25) is 0 Å². The summed E-state index contributed by atoms with van der Waals surface area (Å²) in [6.45, 7) is 4.53. The Morgan fingerprint density at radius 2 is 1.86 bits per heavy atom. The third-order valence-electron chi connectivity index (χ3n) is 6.33. The first-order chi connectivity index (χ1) is 10.2. The van der Waals surface area contributed by atoms with Crippen molar-refractivity contribution in [2.24, 2.45) is 23.2 Å². The molecule has 1 unspecified atom stereocenters. The minimum atomic E-state index is 0.0455. The predicted octanol–water partition coefficient (Wildman–Crippen LogP) is 6.48. The highest BCUT2D eigenvalue weighted by atomic mass is 14.5. The number of unbranched alkanes of at least 4 members (excludes halogenated alkanes) is 3. The minimum absolute atomic E-state index is 0.0455. The Balaban J connectivity index is 1.79. The maximum absolute atomic E-state index is 9.63. The molecule has 2 saturated carbocycles. The lowest BCUT2D eigenvalue weighted by Crippen LogP contribution is -2.36. The number of hydrogen-bond donors (Lipinski definition) is 0. The maximum atomic E-state index is 9.63. The zero-order valence-corrected chi connectivity index (χ0v) is 14.4. The predicted molar refractivity (Wildman–Crippen MR) is 89.9 cm³/mol. The largest absolute Gasteiger partial charge is 0.198 e. The Morgan fingerprint density at radius 3 is 2.57 bits per heavy atom. The van der Waals surface area contributed by atoms with Gasteiger partial charge in [0.15, 0.2) is 0 Å². The van der Waals surface area contributed by atoms with Crippen molar-refractivity contribution in [1.82, 2.24) is 0 Å². The molecule has 4 atom stereocenters. The molecule has 1 heteroatoms. The molecule has 120 valence electrons. The van der Waals surface area contributed by atoms with Crippen LogP contribution in [-0.4, -0.2) is 0 Å². The molecule has 0 amide bonds. The third kappa shape index (κ3) is 4.48. The van der Waals surface area contributed by atoms with E-state index in [1.807, 2.05) is 0 Å². The van der Waals surface area contributed by atoms with E-state index in [2.05, 4.69) is 19.9 Å². The fourth-order valence-electron chi connectivity index (χ4n) is 5.10. The van der Waals surface area contributed by atoms with E-state index in [9.17, 15) is 5.26 Å². The molecule has 2 aliphatic rings. The Bertz CT molecular complexity index is 342. The molecular formula is C20H35N. The van der Waals surface area contributed by atoms with Crippen LogP contribution in [0.1, 0.15) is 97.3 Å². The molecule has 2 rings (SSSR count). The number of nitrogens with zero attached hydrogens (tertiary/aromatic N) is 1. The molecule has 0 aromatic heterocycles. The van der Waals surface area contributed by atoms with E-state index in [4.69, 9.17) is 0 Å². The number of fused-ring (bicyclic) bond motifs is 1. The van der Waals surface area contributed by atoms with Crippen molar-refractivity contribution in [3.05, 3.63) is 0 Å². The van der Waals surface area contributed by atoms with Crippen molar-refractivity contribution >= 4 is 0 Å². The van der Waals surface area contributed by atoms with Crippen molar-refractivity contribution in [3.8, 4) is 6.07 Å². The van der Waals surface area contributed by atoms with Gasteiger partial charge in [-0.05, 0) is 56.3 Å². The van der Waals surface area contributed by atoms with Gasteiger partial charge in [-0.2, -0.15) is 5.26 Å². The SMILES string of the molecule is CCCCCC[C@H]1CCC2C[C@](C#N)(CCC)CC[C@@H]2C1. The van der Waals surface area contributed by atoms with Crippen LogP contribution >= 0.6 is 0 Å². The van der Waals surface area contributed by atoms with Crippen LogP contribution < -0.4 is 0 Å². The van der Waals surface area contributed by atoms with Crippen LogP contribution in [0.3, 0.4) is 0 Å². The van der Waals surface area contributed by atoms with Gasteiger partial charge in [-0.1, -0.05) is 58.8 Å². The molecule has 1 nitrogen and oxygen atoms in total. The van der Waals surface area contributed by atoms with Crippen LogP contribution in [-0.2, 0) is 0 Å². The van der Waals surface area contributed by atoms with E-state index in [0.717, 1.165) is 24.2 Å².